The van der Waals surface area contributed by atoms with Gasteiger partial charge >= 0.3 is 0 Å². The summed E-state index contributed by atoms with van der Waals surface area (Å²) in [7, 11) is 5.15. The monoisotopic (exact) mass is 768 g/mol. The van der Waals surface area contributed by atoms with Crippen molar-refractivity contribution in [3.8, 4) is 5.88 Å². The molecule has 2 aromatic carbocycles. The van der Waals surface area contributed by atoms with E-state index >= 15 is 9.59 Å². The number of hydrogen-bond acceptors (Lipinski definition) is 10. The maximum absolute atomic E-state index is 15.5. The van der Waals surface area contributed by atoms with Crippen molar-refractivity contribution in [2.24, 2.45) is 17.8 Å². The van der Waals surface area contributed by atoms with Crippen molar-refractivity contribution < 1.29 is 28.4 Å². The highest BCUT2D eigenvalue weighted by atomic mass is 28.4. The number of ketones is 2. The molecule has 4 aliphatic carbocycles. The number of Topliss-reactive ketones (excluding diaryl/α,β-unsaturated/α-hetero) is 2. The van der Waals surface area contributed by atoms with Crippen LogP contribution in [0.3, 0.4) is 0 Å². The van der Waals surface area contributed by atoms with E-state index < -0.39 is 31.7 Å². The molecule has 4 atom stereocenters. The maximum Gasteiger partial charge on any atom is 0.265 e. The standard InChI is InChI=1S/C44H60N4O6Si/c1-25-20-28(23-45-43(5,6)29-18-19-29)35(47(7)8)30-21-27-22-31-36(48(9)10)38-34(41(46-53-38)52-24-26-16-14-13-15-17-26)40(51)44(31,54-55(11,12)42(2,3)4)39(50)33(27)37(49)32(25)30/h13-17,20,27,29,31,36,45,50H,18-19,21-24H2,1-12H3/t27-,31-,36-,44-/m0/s1. The summed E-state index contributed by atoms with van der Waals surface area (Å²) in [6.07, 6.45) is 3.46. The van der Waals surface area contributed by atoms with Crippen LogP contribution in [-0.2, 0) is 24.0 Å². The van der Waals surface area contributed by atoms with E-state index in [4.69, 9.17) is 13.7 Å². The predicted molar refractivity (Wildman–Crippen MR) is 217 cm³/mol. The highest BCUT2D eigenvalue weighted by molar-refractivity contribution is 6.74. The molecule has 0 radical (unpaired) electrons. The number of allylic oxidation sites excluding steroid dienone is 1. The SMILES string of the molecule is Cc1cc(CNC(C)(C)C2CC2)c(N(C)C)c2c1C(=O)C1=C(O)[C@]3(O[Si](C)(C)C(C)(C)C)C(=O)c4c(OCc5ccccc5)noc4[C@@H](N(C)C)[C@@H]3C[C@@H]1C2. The zero-order valence-corrected chi connectivity index (χ0v) is 35.8. The van der Waals surface area contributed by atoms with Crippen LogP contribution in [0.5, 0.6) is 5.88 Å². The fourth-order valence-corrected chi connectivity index (χ4v) is 10.7. The second-order valence-corrected chi connectivity index (χ2v) is 23.7. The lowest BCUT2D eigenvalue weighted by Crippen LogP contribution is -2.65. The van der Waals surface area contributed by atoms with E-state index in [0.717, 1.165) is 27.9 Å². The number of benzene rings is 2. The van der Waals surface area contributed by atoms with Gasteiger partial charge in [0.25, 0.3) is 5.88 Å². The molecule has 0 amide bonds. The number of aliphatic hydroxyl groups is 1. The number of rotatable bonds is 11. The van der Waals surface area contributed by atoms with Crippen LogP contribution in [0.2, 0.25) is 18.1 Å². The molecule has 55 heavy (non-hydrogen) atoms. The van der Waals surface area contributed by atoms with Crippen LogP contribution in [0.4, 0.5) is 5.69 Å². The van der Waals surface area contributed by atoms with E-state index in [-0.39, 0.29) is 51.7 Å². The fourth-order valence-electron chi connectivity index (χ4n) is 9.29. The van der Waals surface area contributed by atoms with E-state index in [1.807, 2.05) is 70.3 Å². The van der Waals surface area contributed by atoms with Crippen LogP contribution in [0, 0.1) is 24.7 Å². The lowest BCUT2D eigenvalue weighted by molar-refractivity contribution is -0.0480. The smallest absolute Gasteiger partial charge is 0.265 e. The van der Waals surface area contributed by atoms with Crippen LogP contribution in [-0.4, -0.2) is 74.4 Å². The van der Waals surface area contributed by atoms with Gasteiger partial charge in [0.2, 0.25) is 5.78 Å². The Bertz CT molecular complexity index is 2040. The van der Waals surface area contributed by atoms with Crippen LogP contribution >= 0.6 is 0 Å². The molecule has 3 aromatic rings. The Morgan fingerprint density at radius 1 is 1.04 bits per heavy atom. The van der Waals surface area contributed by atoms with E-state index in [1.165, 1.54) is 12.8 Å². The molecule has 296 valence electrons. The molecule has 2 N–H and O–H groups in total. The van der Waals surface area contributed by atoms with Crippen molar-refractivity contribution in [1.82, 2.24) is 15.4 Å². The first-order valence-electron chi connectivity index (χ1n) is 19.8. The van der Waals surface area contributed by atoms with Gasteiger partial charge in [-0.1, -0.05) is 57.2 Å². The van der Waals surface area contributed by atoms with Gasteiger partial charge in [0.05, 0.1) is 6.04 Å². The second-order valence-electron chi connectivity index (χ2n) is 19.0. The zero-order valence-electron chi connectivity index (χ0n) is 34.8. The third-order valence-corrected chi connectivity index (χ3v) is 17.8. The second kappa shape index (κ2) is 13.7. The first-order chi connectivity index (χ1) is 25.7. The maximum atomic E-state index is 15.5. The van der Waals surface area contributed by atoms with Crippen LogP contribution in [0.15, 0.2) is 52.3 Å². The van der Waals surface area contributed by atoms with Crippen molar-refractivity contribution >= 4 is 25.6 Å². The number of ether oxygens (including phenoxy) is 1. The number of carbonyl (C=O) groups excluding carboxylic acids is 2. The lowest BCUT2D eigenvalue weighted by Gasteiger charge is -2.55. The molecule has 1 fully saturated rings. The molecule has 0 bridgehead atoms. The van der Waals surface area contributed by atoms with Gasteiger partial charge in [0.15, 0.2) is 25.5 Å². The number of nitrogens with one attached hydrogen (secondary N) is 1. The molecule has 7 rings (SSSR count). The van der Waals surface area contributed by atoms with Gasteiger partial charge in [-0.3, -0.25) is 14.5 Å². The first kappa shape index (κ1) is 39.5. The minimum atomic E-state index is -2.82. The highest BCUT2D eigenvalue weighted by Crippen LogP contribution is 2.60. The Hall–Kier alpha value is -3.77. The third kappa shape index (κ3) is 6.48. The van der Waals surface area contributed by atoms with Gasteiger partial charge < -0.3 is 29.0 Å². The number of hydrogen-bond donors (Lipinski definition) is 2. The van der Waals surface area contributed by atoms with Gasteiger partial charge in [-0.2, -0.15) is 0 Å². The van der Waals surface area contributed by atoms with E-state index in [1.54, 1.807) is 0 Å². The molecule has 1 heterocycles. The molecule has 4 aliphatic rings. The molecule has 1 aromatic heterocycles. The quantitative estimate of drug-likeness (QED) is 0.184. The van der Waals surface area contributed by atoms with Gasteiger partial charge in [0, 0.05) is 48.9 Å². The third-order valence-electron chi connectivity index (χ3n) is 13.4. The summed E-state index contributed by atoms with van der Waals surface area (Å²) < 4.78 is 19.6. The Labute approximate surface area is 327 Å². The molecule has 10 nitrogen and oxygen atoms in total. The molecule has 1 saturated carbocycles. The summed E-state index contributed by atoms with van der Waals surface area (Å²) in [5.74, 6) is -0.771. The van der Waals surface area contributed by atoms with Crippen molar-refractivity contribution in [3.63, 3.8) is 0 Å². The van der Waals surface area contributed by atoms with Crippen molar-refractivity contribution in [3.05, 3.63) is 86.9 Å². The largest absolute Gasteiger partial charge is 0.508 e. The number of carbonyl (C=O) groups is 2. The minimum Gasteiger partial charge on any atom is -0.508 e. The highest BCUT2D eigenvalue weighted by Gasteiger charge is 2.67. The zero-order chi connectivity index (χ0) is 40.0. The molecule has 11 heteroatoms. The van der Waals surface area contributed by atoms with Crippen LogP contribution in [0.25, 0.3) is 0 Å². The molecule has 0 spiro atoms. The number of anilines is 1. The van der Waals surface area contributed by atoms with E-state index in [2.05, 4.69) is 69.2 Å². The van der Waals surface area contributed by atoms with Crippen LogP contribution in [0.1, 0.15) is 109 Å². The summed E-state index contributed by atoms with van der Waals surface area (Å²) in [6.45, 7) is 17.9. The number of aromatic nitrogens is 1. The summed E-state index contributed by atoms with van der Waals surface area (Å²) in [5.41, 5.74) is 4.19. The van der Waals surface area contributed by atoms with Gasteiger partial charge in [0.1, 0.15) is 17.9 Å². The number of fused-ring (bicyclic) bond motifs is 4. The first-order valence-corrected chi connectivity index (χ1v) is 22.8. The predicted octanol–water partition coefficient (Wildman–Crippen LogP) is 8.35. The Balaban J connectivity index is 1.39. The summed E-state index contributed by atoms with van der Waals surface area (Å²) in [4.78, 5) is 34.8. The van der Waals surface area contributed by atoms with Gasteiger partial charge in [-0.15, -0.1) is 0 Å². The van der Waals surface area contributed by atoms with Crippen molar-refractivity contribution in [1.29, 1.82) is 0 Å². The average molecular weight is 769 g/mol. The molecular weight excluding hydrogens is 709 g/mol. The molecule has 0 aliphatic heterocycles. The normalized spacial score (nSPS) is 24.1. The topological polar surface area (TPSA) is 117 Å². The molecular formula is C44H60N4O6Si. The van der Waals surface area contributed by atoms with Crippen molar-refractivity contribution in [2.45, 2.75) is 116 Å². The van der Waals surface area contributed by atoms with Gasteiger partial charge in [-0.05, 0) is 118 Å². The summed E-state index contributed by atoms with van der Waals surface area (Å²) in [5, 5.41) is 20.8. The number of aliphatic hydroxyl groups excluding tert-OH is 1. The number of nitrogens with zero attached hydrogens (tertiary/aromatic N) is 3. The summed E-state index contributed by atoms with van der Waals surface area (Å²) in [6, 6.07) is 11.3. The average Bonchev–Trinajstić information content (AvgIpc) is 3.88. The van der Waals surface area contributed by atoms with E-state index in [9.17, 15) is 5.11 Å². The Kier molecular flexibility index (Phi) is 9.84. The molecule has 0 saturated heterocycles. The summed E-state index contributed by atoms with van der Waals surface area (Å²) >= 11 is 0. The minimum absolute atomic E-state index is 0.0163. The molecule has 0 unspecified atom stereocenters. The fraction of sp³-hybridized carbons (Fsp3) is 0.568. The van der Waals surface area contributed by atoms with Gasteiger partial charge in [-0.25, -0.2) is 0 Å². The van der Waals surface area contributed by atoms with E-state index in [0.29, 0.717) is 36.6 Å². The Morgan fingerprint density at radius 2 is 1.71 bits per heavy atom. The number of aryl methyl sites for hydroxylation is 1. The van der Waals surface area contributed by atoms with Crippen molar-refractivity contribution in [2.75, 3.05) is 33.1 Å². The Morgan fingerprint density at radius 3 is 2.31 bits per heavy atom. The lowest BCUT2D eigenvalue weighted by atomic mass is 9.58. The van der Waals surface area contributed by atoms with Crippen LogP contribution < -0.4 is 15.0 Å².